The number of likely N-dealkylation sites (tertiary alicyclic amines) is 1. The molecule has 2 aliphatic heterocycles. The third-order valence-electron chi connectivity index (χ3n) is 6.17. The second kappa shape index (κ2) is 7.44. The van der Waals surface area contributed by atoms with Crippen molar-refractivity contribution in [2.24, 2.45) is 0 Å². The number of fused-ring (bicyclic) bond motifs is 1. The number of aryl methyl sites for hydroxylation is 1. The average molecular weight is 373 g/mol. The Kier molecular flexibility index (Phi) is 4.65. The molecule has 1 fully saturated rings. The summed E-state index contributed by atoms with van der Waals surface area (Å²) in [5.74, 6) is 1.74. The van der Waals surface area contributed by atoms with E-state index in [9.17, 15) is 0 Å². The van der Waals surface area contributed by atoms with E-state index in [1.807, 2.05) is 0 Å². The topological polar surface area (TPSA) is 33.1 Å². The third-order valence-corrected chi connectivity index (χ3v) is 6.17. The minimum absolute atomic E-state index is 0.524. The van der Waals surface area contributed by atoms with Gasteiger partial charge in [0.15, 0.2) is 0 Å². The van der Waals surface area contributed by atoms with Gasteiger partial charge in [0.2, 0.25) is 0 Å². The number of benzene rings is 2. The van der Waals surface area contributed by atoms with E-state index in [0.717, 1.165) is 26.1 Å². The zero-order valence-corrected chi connectivity index (χ0v) is 16.6. The molecule has 4 nitrogen and oxygen atoms in total. The first-order valence-corrected chi connectivity index (χ1v) is 10.5. The van der Waals surface area contributed by atoms with E-state index in [0.29, 0.717) is 5.92 Å². The molecule has 144 valence electrons. The number of hydrogen-bond donors (Lipinski definition) is 1. The molecular formula is C24H28N4. The Morgan fingerprint density at radius 2 is 1.89 bits per heavy atom. The molecule has 3 heterocycles. The molecule has 0 bridgehead atoms. The van der Waals surface area contributed by atoms with Gasteiger partial charge in [-0.1, -0.05) is 48.5 Å². The molecule has 1 atom stereocenters. The summed E-state index contributed by atoms with van der Waals surface area (Å²) in [5.41, 5.74) is 6.62. The van der Waals surface area contributed by atoms with E-state index >= 15 is 0 Å². The van der Waals surface area contributed by atoms with Crippen LogP contribution in [0.15, 0.2) is 54.6 Å². The predicted octanol–water partition coefficient (Wildman–Crippen LogP) is 4.53. The lowest BCUT2D eigenvalue weighted by atomic mass is 9.91. The van der Waals surface area contributed by atoms with E-state index in [1.54, 1.807) is 0 Å². The summed E-state index contributed by atoms with van der Waals surface area (Å²) in [6, 6.07) is 19.4. The van der Waals surface area contributed by atoms with Gasteiger partial charge >= 0.3 is 0 Å². The van der Waals surface area contributed by atoms with Gasteiger partial charge in [0, 0.05) is 31.1 Å². The quantitative estimate of drug-likeness (QED) is 0.730. The fourth-order valence-corrected chi connectivity index (χ4v) is 4.77. The van der Waals surface area contributed by atoms with Gasteiger partial charge in [-0.25, -0.2) is 4.68 Å². The van der Waals surface area contributed by atoms with E-state index in [-0.39, 0.29) is 0 Å². The number of aromatic nitrogens is 2. The molecule has 0 amide bonds. The largest absolute Gasteiger partial charge is 0.369 e. The van der Waals surface area contributed by atoms with Crippen molar-refractivity contribution in [2.75, 3.05) is 25.0 Å². The van der Waals surface area contributed by atoms with E-state index < -0.39 is 0 Å². The molecule has 3 aromatic rings. The summed E-state index contributed by atoms with van der Waals surface area (Å²) in [5, 5.41) is 8.75. The van der Waals surface area contributed by atoms with Crippen LogP contribution in [0.1, 0.15) is 41.1 Å². The maximum absolute atomic E-state index is 5.16. The van der Waals surface area contributed by atoms with Gasteiger partial charge in [-0.15, -0.1) is 0 Å². The number of nitrogens with one attached hydrogen (secondary N) is 1. The molecule has 5 rings (SSSR count). The Morgan fingerprint density at radius 1 is 1.07 bits per heavy atom. The van der Waals surface area contributed by atoms with Crippen LogP contribution >= 0.6 is 0 Å². The van der Waals surface area contributed by atoms with Crippen LogP contribution in [0, 0.1) is 6.92 Å². The second-order valence-corrected chi connectivity index (χ2v) is 8.15. The highest BCUT2D eigenvalue weighted by Crippen LogP contribution is 2.36. The monoisotopic (exact) mass is 372 g/mol. The lowest BCUT2D eigenvalue weighted by Crippen LogP contribution is -2.34. The zero-order valence-electron chi connectivity index (χ0n) is 16.6. The Bertz CT molecular complexity index is 960. The molecule has 0 saturated carbocycles. The fraction of sp³-hybridized carbons (Fsp3) is 0.375. The standard InChI is InChI=1S/C24H28N4/c1-18-8-5-6-12-22(18)28-24-21(13-14-25-24)23(26-28)20-11-7-15-27(17-20)16-19-9-3-2-4-10-19/h2-6,8-10,12,20,25H,7,11,13-17H2,1H3. The highest BCUT2D eigenvalue weighted by molar-refractivity contribution is 5.59. The summed E-state index contributed by atoms with van der Waals surface area (Å²) in [4.78, 5) is 2.60. The number of para-hydroxylation sites is 1. The number of hydrogen-bond acceptors (Lipinski definition) is 3. The summed E-state index contributed by atoms with van der Waals surface area (Å²) in [6.45, 7) is 6.51. The Labute approximate surface area is 167 Å². The first-order valence-electron chi connectivity index (χ1n) is 10.5. The fourth-order valence-electron chi connectivity index (χ4n) is 4.77. The first kappa shape index (κ1) is 17.5. The third kappa shape index (κ3) is 3.22. The zero-order chi connectivity index (χ0) is 18.9. The lowest BCUT2D eigenvalue weighted by Gasteiger charge is -2.32. The maximum Gasteiger partial charge on any atom is 0.133 e. The SMILES string of the molecule is Cc1ccccc1-n1nc(C2CCCN(Cc3ccccc3)C2)c2c1NCC2. The van der Waals surface area contributed by atoms with Crippen LogP contribution in [-0.2, 0) is 13.0 Å². The van der Waals surface area contributed by atoms with Crippen LogP contribution in [0.5, 0.6) is 0 Å². The van der Waals surface area contributed by atoms with Crippen molar-refractivity contribution in [1.29, 1.82) is 0 Å². The molecule has 2 aliphatic rings. The van der Waals surface area contributed by atoms with Crippen LogP contribution in [-0.4, -0.2) is 34.3 Å². The number of anilines is 1. The molecule has 4 heteroatoms. The van der Waals surface area contributed by atoms with Crippen molar-refractivity contribution in [2.45, 2.75) is 38.6 Å². The molecule has 1 saturated heterocycles. The van der Waals surface area contributed by atoms with Crippen molar-refractivity contribution in [3.05, 3.63) is 77.0 Å². The molecule has 1 aromatic heterocycles. The van der Waals surface area contributed by atoms with Gasteiger partial charge in [-0.05, 0) is 49.9 Å². The number of piperidine rings is 1. The lowest BCUT2D eigenvalue weighted by molar-refractivity contribution is 0.198. The minimum Gasteiger partial charge on any atom is -0.369 e. The van der Waals surface area contributed by atoms with Gasteiger partial charge in [0.1, 0.15) is 5.82 Å². The highest BCUT2D eigenvalue weighted by Gasteiger charge is 2.31. The van der Waals surface area contributed by atoms with Gasteiger partial charge in [0.05, 0.1) is 11.4 Å². The van der Waals surface area contributed by atoms with Crippen LogP contribution in [0.3, 0.4) is 0 Å². The smallest absolute Gasteiger partial charge is 0.133 e. The maximum atomic E-state index is 5.16. The first-order chi connectivity index (χ1) is 13.8. The van der Waals surface area contributed by atoms with Crippen molar-refractivity contribution < 1.29 is 0 Å². The molecule has 2 aromatic carbocycles. The van der Waals surface area contributed by atoms with Crippen molar-refractivity contribution in [3.8, 4) is 5.69 Å². The van der Waals surface area contributed by atoms with Crippen LogP contribution in [0.4, 0.5) is 5.82 Å². The van der Waals surface area contributed by atoms with Crippen molar-refractivity contribution in [3.63, 3.8) is 0 Å². The molecule has 28 heavy (non-hydrogen) atoms. The predicted molar refractivity (Wildman–Crippen MR) is 114 cm³/mol. The Hall–Kier alpha value is -2.59. The van der Waals surface area contributed by atoms with Gasteiger partial charge in [-0.3, -0.25) is 4.90 Å². The van der Waals surface area contributed by atoms with Crippen LogP contribution in [0.25, 0.3) is 5.69 Å². The van der Waals surface area contributed by atoms with E-state index in [2.05, 4.69) is 76.4 Å². The Morgan fingerprint density at radius 3 is 2.75 bits per heavy atom. The molecule has 1 N–H and O–H groups in total. The van der Waals surface area contributed by atoms with Crippen molar-refractivity contribution >= 4 is 5.82 Å². The van der Waals surface area contributed by atoms with Crippen molar-refractivity contribution in [1.82, 2.24) is 14.7 Å². The van der Waals surface area contributed by atoms with E-state index in [4.69, 9.17) is 5.10 Å². The highest BCUT2D eigenvalue weighted by atomic mass is 15.3. The molecule has 0 radical (unpaired) electrons. The van der Waals surface area contributed by atoms with Gasteiger partial charge in [0.25, 0.3) is 0 Å². The number of rotatable bonds is 4. The van der Waals surface area contributed by atoms with Crippen LogP contribution < -0.4 is 5.32 Å². The summed E-state index contributed by atoms with van der Waals surface area (Å²) in [6.07, 6.45) is 3.57. The summed E-state index contributed by atoms with van der Waals surface area (Å²) >= 11 is 0. The summed E-state index contributed by atoms with van der Waals surface area (Å²) in [7, 11) is 0. The van der Waals surface area contributed by atoms with Crippen LogP contribution in [0.2, 0.25) is 0 Å². The number of nitrogens with zero attached hydrogens (tertiary/aromatic N) is 3. The minimum atomic E-state index is 0.524. The van der Waals surface area contributed by atoms with E-state index in [1.165, 1.54) is 53.3 Å². The summed E-state index contributed by atoms with van der Waals surface area (Å²) < 4.78 is 2.16. The molecule has 0 spiro atoms. The molecule has 1 unspecified atom stereocenters. The Balaban J connectivity index is 1.43. The average Bonchev–Trinajstić information content (AvgIpc) is 3.32. The molecule has 0 aliphatic carbocycles. The normalized spacial score (nSPS) is 19.4. The molecular weight excluding hydrogens is 344 g/mol. The second-order valence-electron chi connectivity index (χ2n) is 8.15. The van der Waals surface area contributed by atoms with Gasteiger partial charge < -0.3 is 5.32 Å². The van der Waals surface area contributed by atoms with Gasteiger partial charge in [-0.2, -0.15) is 5.10 Å².